The number of pyridine rings is 3. The van der Waals surface area contributed by atoms with E-state index in [1.54, 1.807) is 24.4 Å². The molecule has 0 aromatic carbocycles. The molecular weight excluding hydrogens is 2080 g/mol. The number of nitrogen functional groups attached to an aromatic ring is 3. The van der Waals surface area contributed by atoms with Gasteiger partial charge in [0.25, 0.3) is 29.9 Å². The number of thiol groups is 1. The summed E-state index contributed by atoms with van der Waals surface area (Å²) in [6, 6.07) is 4.84. The monoisotopic (exact) mass is 2150 g/mol. The van der Waals surface area contributed by atoms with Gasteiger partial charge >= 0.3 is 13.5 Å². The number of ether oxygens (including phenoxy) is 6. The number of hydrogen-bond acceptors (Lipinski definition) is 45. The van der Waals surface area contributed by atoms with Crippen LogP contribution in [0.2, 0.25) is 0 Å². The first-order chi connectivity index (χ1) is 68.7. The molecule has 54 nitrogen and oxygen atoms in total. The van der Waals surface area contributed by atoms with Crippen LogP contribution in [0.1, 0.15) is 73.6 Å². The van der Waals surface area contributed by atoms with E-state index in [2.05, 4.69) is 98.2 Å². The summed E-state index contributed by atoms with van der Waals surface area (Å²) in [5.74, 6) is -0.452. The molecular formula is C73H73B4F5N26O28P6S2. The Morgan fingerprint density at radius 3 is 1.12 bits per heavy atom. The van der Waals surface area contributed by atoms with Gasteiger partial charge in [0.15, 0.2) is 114 Å². The summed E-state index contributed by atoms with van der Waals surface area (Å²) in [6.45, 7) is -12.8. The molecule has 11 N–H and O–H groups in total. The van der Waals surface area contributed by atoms with E-state index in [4.69, 9.17) is 142 Å². The van der Waals surface area contributed by atoms with Gasteiger partial charge < -0.3 is 117 Å². The summed E-state index contributed by atoms with van der Waals surface area (Å²) < 4.78 is 257. The van der Waals surface area contributed by atoms with Gasteiger partial charge in [-0.15, -0.1) is 0 Å². The topological polar surface area (TPSA) is 667 Å². The fourth-order valence-electron chi connectivity index (χ4n) is 18.7. The summed E-state index contributed by atoms with van der Waals surface area (Å²) in [7, 11) is 5.32. The molecule has 0 saturated carbocycles. The number of anilines is 6. The highest BCUT2D eigenvalue weighted by atomic mass is 32.7. The minimum atomic E-state index is -4.61. The summed E-state index contributed by atoms with van der Waals surface area (Å²) >= 11 is 9.21. The zero-order chi connectivity index (χ0) is 101. The first kappa shape index (κ1) is 99.3. The highest BCUT2D eigenvalue weighted by Crippen LogP contribution is 2.62. The quantitative estimate of drug-likeness (QED) is 0.0454. The van der Waals surface area contributed by atoms with Gasteiger partial charge in [0.05, 0.1) is 97.8 Å². The van der Waals surface area contributed by atoms with Crippen molar-refractivity contribution in [2.45, 2.75) is 186 Å². The van der Waals surface area contributed by atoms with E-state index >= 15 is 22.0 Å². The fraction of sp³-hybridized carbons (Fsp3) is 0.493. The van der Waals surface area contributed by atoms with Crippen LogP contribution >= 0.6 is 55.7 Å². The van der Waals surface area contributed by atoms with Gasteiger partial charge in [-0.05, 0) is 42.0 Å². The van der Waals surface area contributed by atoms with Crippen molar-refractivity contribution in [2.24, 2.45) is 0 Å². The molecule has 24 heterocycles. The van der Waals surface area contributed by atoms with Crippen molar-refractivity contribution in [3.8, 4) is 0 Å². The average molecular weight is 2150 g/mol. The summed E-state index contributed by atoms with van der Waals surface area (Å²) in [5.41, 5.74) is 22.4. The number of carbonyl (C=O) groups is 3. The minimum absolute atomic E-state index is 0.0392. The molecule has 12 aliphatic heterocycles. The van der Waals surface area contributed by atoms with Crippen molar-refractivity contribution in [1.82, 2.24) is 97.6 Å². The molecule has 71 heteroatoms. The zero-order valence-electron chi connectivity index (χ0n) is 73.3. The third-order valence-electron chi connectivity index (χ3n) is 25.2. The summed E-state index contributed by atoms with van der Waals surface area (Å²) in [4.78, 5) is 96.7. The summed E-state index contributed by atoms with van der Waals surface area (Å²) in [5, 5.41) is 30.5. The molecule has 24 rings (SSSR count). The van der Waals surface area contributed by atoms with Gasteiger partial charge in [-0.1, -0.05) is 12.2 Å². The Morgan fingerprint density at radius 1 is 0.389 bits per heavy atom. The lowest BCUT2D eigenvalue weighted by atomic mass is 10.1. The molecule has 0 aliphatic carbocycles. The van der Waals surface area contributed by atoms with Crippen LogP contribution < -0.4 is 33.2 Å². The van der Waals surface area contributed by atoms with Crippen molar-refractivity contribution in [1.29, 1.82) is 0 Å². The maximum absolute atomic E-state index is 16.3. The van der Waals surface area contributed by atoms with E-state index in [1.807, 2.05) is 0 Å². The number of carbonyl (C=O) groups excluding carboxylic acids is 3. The number of alkyl halides is 5. The molecule has 3 amide bonds. The highest BCUT2D eigenvalue weighted by Gasteiger charge is 2.60. The Morgan fingerprint density at radius 2 is 0.715 bits per heavy atom. The smallest absolute Gasteiger partial charge is 0.386 e. The lowest BCUT2D eigenvalue weighted by Crippen LogP contribution is -2.38. The number of aliphatic hydroxyl groups is 1. The lowest BCUT2D eigenvalue weighted by molar-refractivity contribution is -0.116. The molecule has 12 unspecified atom stereocenters. The fourth-order valence-corrected chi connectivity index (χ4v) is 25.7. The summed E-state index contributed by atoms with van der Waals surface area (Å²) in [6.07, 6.45) is -24.1. The molecule has 12 aliphatic rings. The lowest BCUT2D eigenvalue weighted by Gasteiger charge is -2.30. The molecule has 8 radical (unpaired) electrons. The number of halogens is 5. The van der Waals surface area contributed by atoms with Gasteiger partial charge in [-0.3, -0.25) is 59.9 Å². The van der Waals surface area contributed by atoms with Crippen LogP contribution in [0.25, 0.3) is 66.6 Å². The molecule has 144 heavy (non-hydrogen) atoms. The number of rotatable bonds is 6. The number of amides is 3. The number of aliphatic hydroxyl groups excluding tert-OH is 1. The maximum Gasteiger partial charge on any atom is 0.386 e. The molecule has 30 atom stereocenters. The Balaban J connectivity index is 0.000000123. The molecule has 12 aromatic heterocycles. The number of aromatic nitrogens is 20. The molecule has 12 aromatic rings. The third-order valence-corrected chi connectivity index (χ3v) is 32.5. The van der Waals surface area contributed by atoms with E-state index < -0.39 is 231 Å². The number of nitrogens with two attached hydrogens (primary N) is 3. The largest absolute Gasteiger partial charge is 0.386 e. The van der Waals surface area contributed by atoms with E-state index in [1.165, 1.54) is 65.2 Å². The van der Waals surface area contributed by atoms with E-state index in [-0.39, 0.29) is 112 Å². The number of fused-ring (bicyclic) bond motifs is 9. The Labute approximate surface area is 818 Å². The molecule has 9 fully saturated rings. The minimum Gasteiger partial charge on any atom is -0.386 e. The van der Waals surface area contributed by atoms with E-state index in [9.17, 15) is 47.2 Å². The van der Waals surface area contributed by atoms with Crippen LogP contribution in [0.4, 0.5) is 56.5 Å². The molecule has 0 bridgehead atoms. The first-order valence-electron chi connectivity index (χ1n) is 43.5. The van der Waals surface area contributed by atoms with Gasteiger partial charge in [-0.2, -0.15) is 10.2 Å². The number of aryl methyl sites for hydroxylation is 3. The SMILES string of the molecule is [B]P1(=O)OC[C@H]2O[C@@H](n3cnc4c(N)ncnc43)C(F)[C@H]2OP(O)(=S)OC[C@H]2O[C@@H](n3nc4c5c(ccnc53)NC(=O)CC4)[C@@H](F)C2O1.[B]P1(=O)OC[C@H]2O[C@@H](n3cnc4c(N)ncnc43)C(F)[C@H]2OP([B])(=O)OC[C@H]2O[C@@H](n3cc4c5c(ccnc53)NC(=O)CC4)[C@@H](O)C2O1.[B]P1(=O)OC[C@H]2O[C@@H](n3nc4c5c(ccnc53)NC(=O)CC4)[C@@H](F)C2OP(=O)(S)OC[C@H]2O[C@@H](n3cnc4c(N)ncnc43)C(F)[C@H]2O1. The van der Waals surface area contributed by atoms with Crippen molar-refractivity contribution in [3.63, 3.8) is 0 Å². The van der Waals surface area contributed by atoms with Gasteiger partial charge in [0.2, 0.25) is 48.0 Å². The van der Waals surface area contributed by atoms with Crippen LogP contribution in [0, 0.1) is 0 Å². The maximum atomic E-state index is 16.3. The predicted molar refractivity (Wildman–Crippen MR) is 490 cm³/mol. The highest BCUT2D eigenvalue weighted by molar-refractivity contribution is 8.44. The Hall–Kier alpha value is -9.35. The first-order valence-corrected chi connectivity index (χ1v) is 55.3. The van der Waals surface area contributed by atoms with E-state index in [0.717, 1.165) is 24.5 Å². The van der Waals surface area contributed by atoms with Crippen LogP contribution in [0.3, 0.4) is 0 Å². The van der Waals surface area contributed by atoms with Gasteiger partial charge in [-0.25, -0.2) is 95.7 Å². The molecule has 0 spiro atoms. The van der Waals surface area contributed by atoms with Crippen molar-refractivity contribution in [2.75, 3.05) is 72.8 Å². The number of imidazole rings is 3. The Kier molecular flexibility index (Phi) is 26.2. The van der Waals surface area contributed by atoms with Crippen LogP contribution in [-0.4, -0.2) is 305 Å². The third kappa shape index (κ3) is 18.7. The van der Waals surface area contributed by atoms with E-state index in [0.29, 0.717) is 56.7 Å². The predicted octanol–water partition coefficient (Wildman–Crippen LogP) is 5.07. The van der Waals surface area contributed by atoms with Gasteiger partial charge in [0.1, 0.15) is 121 Å². The molecule has 752 valence electrons. The van der Waals surface area contributed by atoms with Crippen molar-refractivity contribution < 1.29 is 152 Å². The normalized spacial score (nSPS) is 37.3. The second kappa shape index (κ2) is 38.0. The standard InChI is InChI=1S/C25H25B2FN8O10P2.2C24H24BF2N9O9P2S/c26-47(39)42-7-13-20(18(38)25(44-13)35-5-10-1-2-14(37)34-11-3-4-30-22(35)15(10)11)46-48(27,40)41-6-12-19(45-47)16(28)24(43-12)36-9-33-17-21(29)31-8-32-23(17)36;25-46(38)40-5-11-19(15(26)23(42-11)35-8-32-17-20(28)30-7-31-22(17)35)45-47(39,48)41-6-12-18(44-46)16(27)24(43-12)36-21-14-9(3-4-29-21)33-13(37)2-1-10(14)34-36;25-46(38)40-5-11-19(16(27)24(43-11)36-21-14-9(3-4-29-21)33-13(37)2-1-10(14)34-36)45-47(39,48)41-6-12-18(44-46)15(26)23(42-12)35-8-32-17-20(28)30-7-31-22(17)35/h3-5,8-9,12-13,16,18-20,24-25,38H,1-2,6-7H2,(H,34,37)(H2,29,31,32);2*3-4,7-8,11-12,15-16,18-19,23-24H,1-2,5-6H2,(H,33,37)(H,39,48)(H2,28,30,31)/t12-,13-,16?,18+,19+,20?,24-,25-,47?,48?;11-,12-,15?,16+,18?,19+,23-,24-,46?,47?;11-,12-,15?,16+,18+,19?,23-,24-,46?,47?/m111/s1. The van der Waals surface area contributed by atoms with Crippen LogP contribution in [0.15, 0.2) is 81.0 Å². The van der Waals surface area contributed by atoms with Crippen molar-refractivity contribution >= 4 is 217 Å². The number of hydrogen-bond donors (Lipinski definition) is 9. The second-order valence-corrected chi connectivity index (χ2v) is 46.2. The van der Waals surface area contributed by atoms with Crippen LogP contribution in [-0.2, 0) is 151 Å². The molecule has 9 saturated heterocycles. The Bertz CT molecular complexity index is 6810. The second-order valence-electron chi connectivity index (χ2n) is 34.3. The number of nitrogens with zero attached hydrogens (tertiary/aromatic N) is 20. The zero-order valence-corrected chi connectivity index (χ0v) is 80.3. The van der Waals surface area contributed by atoms with Crippen LogP contribution in [0.5, 0.6) is 0 Å². The van der Waals surface area contributed by atoms with Gasteiger partial charge in [0, 0.05) is 62.3 Å². The average Bonchev–Trinajstić information content (AvgIpc) is 1.64. The number of nitrogens with one attached hydrogen (secondary N) is 3. The van der Waals surface area contributed by atoms with Crippen molar-refractivity contribution in [3.05, 3.63) is 97.9 Å².